The fraction of sp³-hybridized carbons (Fsp3) is 0.462. The number of carbonyl (C=O) groups excluding carboxylic acids is 1. The van der Waals surface area contributed by atoms with Gasteiger partial charge in [0.15, 0.2) is 0 Å². The summed E-state index contributed by atoms with van der Waals surface area (Å²) in [6.45, 7) is 3.03. The van der Waals surface area contributed by atoms with E-state index in [9.17, 15) is 18.0 Å². The number of aliphatic hydroxyl groups excluding tert-OH is 1. The van der Waals surface area contributed by atoms with Crippen molar-refractivity contribution >= 4 is 5.91 Å². The Morgan fingerprint density at radius 1 is 1.35 bits per heavy atom. The number of nitrogens with one attached hydrogen (secondary N) is 1. The second-order valence-electron chi connectivity index (χ2n) is 4.96. The molecule has 0 spiro atoms. The van der Waals surface area contributed by atoms with Gasteiger partial charge in [0.05, 0.1) is 18.6 Å². The van der Waals surface area contributed by atoms with E-state index in [1.165, 1.54) is 12.1 Å². The summed E-state index contributed by atoms with van der Waals surface area (Å²) in [5, 5.41) is 11.6. The number of rotatable bonds is 5. The predicted molar refractivity (Wildman–Crippen MR) is 66.1 cm³/mol. The van der Waals surface area contributed by atoms with Gasteiger partial charge in [-0.25, -0.2) is 0 Å². The van der Waals surface area contributed by atoms with Gasteiger partial charge in [0.1, 0.15) is 5.75 Å². The summed E-state index contributed by atoms with van der Waals surface area (Å²) in [6.07, 6.45) is -4.86. The number of aliphatic hydroxyl groups is 1. The van der Waals surface area contributed by atoms with Crippen molar-refractivity contribution in [3.05, 3.63) is 29.8 Å². The normalized spacial score (nSPS) is 12.1. The Hall–Kier alpha value is -1.76. The highest BCUT2D eigenvalue weighted by atomic mass is 19.4. The summed E-state index contributed by atoms with van der Waals surface area (Å²) >= 11 is 0. The van der Waals surface area contributed by atoms with E-state index >= 15 is 0 Å². The minimum atomic E-state index is -4.76. The third kappa shape index (κ3) is 5.92. The van der Waals surface area contributed by atoms with Gasteiger partial charge in [-0.15, -0.1) is 13.2 Å². The van der Waals surface area contributed by atoms with E-state index < -0.39 is 17.8 Å². The molecule has 1 aromatic rings. The molecule has 2 N–H and O–H groups in total. The fourth-order valence-corrected chi connectivity index (χ4v) is 1.50. The van der Waals surface area contributed by atoms with Crippen LogP contribution in [-0.2, 0) is 11.2 Å². The highest BCUT2D eigenvalue weighted by Gasteiger charge is 2.31. The quantitative estimate of drug-likeness (QED) is 0.872. The molecular formula is C13H16F3NO3. The Morgan fingerprint density at radius 2 is 2.00 bits per heavy atom. The van der Waals surface area contributed by atoms with Crippen molar-refractivity contribution in [1.82, 2.24) is 5.32 Å². The summed E-state index contributed by atoms with van der Waals surface area (Å²) in [6, 6.07) is 5.21. The molecule has 7 heteroatoms. The van der Waals surface area contributed by atoms with Crippen molar-refractivity contribution in [2.75, 3.05) is 6.61 Å². The van der Waals surface area contributed by atoms with E-state index in [1.54, 1.807) is 13.8 Å². The van der Waals surface area contributed by atoms with E-state index in [0.29, 0.717) is 5.56 Å². The molecule has 0 fully saturated rings. The second-order valence-corrected chi connectivity index (χ2v) is 4.96. The number of carbonyl (C=O) groups is 1. The van der Waals surface area contributed by atoms with Crippen LogP contribution in [0, 0.1) is 0 Å². The maximum absolute atomic E-state index is 12.1. The first-order valence-electron chi connectivity index (χ1n) is 5.88. The second kappa shape index (κ2) is 6.13. The number of benzene rings is 1. The van der Waals surface area contributed by atoms with Crippen LogP contribution in [0.3, 0.4) is 0 Å². The van der Waals surface area contributed by atoms with Crippen LogP contribution >= 0.6 is 0 Å². The lowest BCUT2D eigenvalue weighted by atomic mass is 10.1. The molecule has 0 aliphatic heterocycles. The molecule has 0 aromatic heterocycles. The van der Waals surface area contributed by atoms with E-state index in [0.717, 1.165) is 12.1 Å². The van der Waals surface area contributed by atoms with Crippen LogP contribution in [-0.4, -0.2) is 29.5 Å². The van der Waals surface area contributed by atoms with E-state index in [-0.39, 0.29) is 18.8 Å². The van der Waals surface area contributed by atoms with Gasteiger partial charge < -0.3 is 15.2 Å². The molecule has 1 amide bonds. The number of alkyl halides is 3. The number of ether oxygens (including phenoxy) is 1. The third-order valence-electron chi connectivity index (χ3n) is 2.37. The average molecular weight is 291 g/mol. The summed E-state index contributed by atoms with van der Waals surface area (Å²) in [7, 11) is 0. The molecule has 0 heterocycles. The number of halogens is 3. The average Bonchev–Trinajstić information content (AvgIpc) is 2.26. The van der Waals surface area contributed by atoms with E-state index in [2.05, 4.69) is 10.1 Å². The monoisotopic (exact) mass is 291 g/mol. The first-order valence-corrected chi connectivity index (χ1v) is 5.88. The van der Waals surface area contributed by atoms with Crippen LogP contribution < -0.4 is 10.1 Å². The summed E-state index contributed by atoms with van der Waals surface area (Å²) < 4.78 is 40.0. The Labute approximate surface area is 114 Å². The highest BCUT2D eigenvalue weighted by molar-refractivity contribution is 5.79. The molecule has 0 aliphatic rings. The molecule has 0 unspecified atom stereocenters. The van der Waals surface area contributed by atoms with Crippen molar-refractivity contribution in [3.8, 4) is 5.75 Å². The molecule has 0 saturated heterocycles. The predicted octanol–water partition coefficient (Wildman–Crippen LogP) is 2.01. The number of hydrogen-bond donors (Lipinski definition) is 2. The molecule has 0 bridgehead atoms. The van der Waals surface area contributed by atoms with Crippen molar-refractivity contribution in [1.29, 1.82) is 0 Å². The molecule has 112 valence electrons. The van der Waals surface area contributed by atoms with Gasteiger partial charge in [0.2, 0.25) is 5.91 Å². The van der Waals surface area contributed by atoms with Crippen LogP contribution in [0.2, 0.25) is 0 Å². The first kappa shape index (κ1) is 16.3. The van der Waals surface area contributed by atoms with Crippen molar-refractivity contribution in [3.63, 3.8) is 0 Å². The molecule has 1 aromatic carbocycles. The molecule has 4 nitrogen and oxygen atoms in total. The maximum atomic E-state index is 12.1. The van der Waals surface area contributed by atoms with Crippen LogP contribution in [0.4, 0.5) is 13.2 Å². The van der Waals surface area contributed by atoms with Gasteiger partial charge in [0, 0.05) is 0 Å². The minimum Gasteiger partial charge on any atom is -0.406 e. The largest absolute Gasteiger partial charge is 0.573 e. The first-order chi connectivity index (χ1) is 9.11. The molecule has 20 heavy (non-hydrogen) atoms. The van der Waals surface area contributed by atoms with Gasteiger partial charge in [-0.3, -0.25) is 4.79 Å². The maximum Gasteiger partial charge on any atom is 0.573 e. The SMILES string of the molecule is CC(C)(CO)NC(=O)Cc1cccc(OC(F)(F)F)c1. The van der Waals surface area contributed by atoms with Gasteiger partial charge >= 0.3 is 6.36 Å². The van der Waals surface area contributed by atoms with Gasteiger partial charge in [-0.1, -0.05) is 12.1 Å². The lowest BCUT2D eigenvalue weighted by Gasteiger charge is -2.23. The van der Waals surface area contributed by atoms with E-state index in [1.807, 2.05) is 0 Å². The molecule has 0 radical (unpaired) electrons. The summed E-state index contributed by atoms with van der Waals surface area (Å²) in [5.74, 6) is -0.766. The Kier molecular flexibility index (Phi) is 4.99. The zero-order valence-electron chi connectivity index (χ0n) is 11.1. The smallest absolute Gasteiger partial charge is 0.406 e. The molecule has 1 rings (SSSR count). The molecular weight excluding hydrogens is 275 g/mol. The summed E-state index contributed by atoms with van der Waals surface area (Å²) in [5.41, 5.74) is -0.394. The van der Waals surface area contributed by atoms with Gasteiger partial charge in [-0.2, -0.15) is 0 Å². The van der Waals surface area contributed by atoms with Crippen LogP contribution in [0.25, 0.3) is 0 Å². The fourth-order valence-electron chi connectivity index (χ4n) is 1.50. The molecule has 0 atom stereocenters. The van der Waals surface area contributed by atoms with Crippen LogP contribution in [0.5, 0.6) is 5.75 Å². The zero-order chi connectivity index (χ0) is 15.4. The van der Waals surface area contributed by atoms with E-state index in [4.69, 9.17) is 5.11 Å². The van der Waals surface area contributed by atoms with Gasteiger partial charge in [0.25, 0.3) is 0 Å². The standard InChI is InChI=1S/C13H16F3NO3/c1-12(2,8-18)17-11(19)7-9-4-3-5-10(6-9)20-13(14,15)16/h3-6,18H,7-8H2,1-2H3,(H,17,19). The number of hydrogen-bond acceptors (Lipinski definition) is 3. The highest BCUT2D eigenvalue weighted by Crippen LogP contribution is 2.23. The van der Waals surface area contributed by atoms with Crippen molar-refractivity contribution in [2.45, 2.75) is 32.2 Å². The summed E-state index contributed by atoms with van der Waals surface area (Å²) in [4.78, 5) is 11.7. The Balaban J connectivity index is 2.69. The van der Waals surface area contributed by atoms with Gasteiger partial charge in [-0.05, 0) is 31.5 Å². The zero-order valence-corrected chi connectivity index (χ0v) is 11.1. The number of amides is 1. The van der Waals surface area contributed by atoms with Crippen molar-refractivity contribution < 1.29 is 27.8 Å². The van der Waals surface area contributed by atoms with Crippen molar-refractivity contribution in [2.24, 2.45) is 0 Å². The Morgan fingerprint density at radius 3 is 2.55 bits per heavy atom. The minimum absolute atomic E-state index is 0.0987. The van der Waals surface area contributed by atoms with Crippen LogP contribution in [0.1, 0.15) is 19.4 Å². The topological polar surface area (TPSA) is 58.6 Å². The lowest BCUT2D eigenvalue weighted by Crippen LogP contribution is -2.46. The molecule has 0 aliphatic carbocycles. The molecule has 0 saturated carbocycles. The van der Waals surface area contributed by atoms with Crippen LogP contribution in [0.15, 0.2) is 24.3 Å². The Bertz CT molecular complexity index is 472. The third-order valence-corrected chi connectivity index (χ3v) is 2.37. The lowest BCUT2D eigenvalue weighted by molar-refractivity contribution is -0.274.